The van der Waals surface area contributed by atoms with E-state index in [-0.39, 0.29) is 10.3 Å². The molecule has 5 heteroatoms. The third kappa shape index (κ3) is 2.61. The van der Waals surface area contributed by atoms with Crippen molar-refractivity contribution < 1.29 is 13.2 Å². The molecule has 21 heavy (non-hydrogen) atoms. The Labute approximate surface area is 124 Å². The number of anilines is 1. The second-order valence-corrected chi connectivity index (χ2v) is 7.48. The van der Waals surface area contributed by atoms with Crippen LogP contribution in [-0.2, 0) is 15.4 Å². The number of ether oxygens (including phenoxy) is 1. The van der Waals surface area contributed by atoms with Gasteiger partial charge in [-0.2, -0.15) is 0 Å². The van der Waals surface area contributed by atoms with Gasteiger partial charge in [-0.15, -0.1) is 0 Å². The molecule has 0 saturated carbocycles. The third-order valence-electron chi connectivity index (χ3n) is 3.60. The first-order valence-electron chi connectivity index (χ1n) is 6.74. The smallest absolute Gasteiger partial charge is 0.261 e. The van der Waals surface area contributed by atoms with Crippen molar-refractivity contribution in [1.82, 2.24) is 0 Å². The standard InChI is InChI=1S/C16H17NO3S/c1-16(2)11-20-15-9-8-13(10-14(15)16)21(18,19)17-12-6-4-3-5-7-12/h3-10,17H,11H2,1-2H3. The molecule has 0 aromatic heterocycles. The lowest BCUT2D eigenvalue weighted by molar-refractivity contribution is 0.291. The van der Waals surface area contributed by atoms with Gasteiger partial charge < -0.3 is 4.74 Å². The first-order valence-corrected chi connectivity index (χ1v) is 8.22. The summed E-state index contributed by atoms with van der Waals surface area (Å²) in [6.45, 7) is 4.65. The molecule has 4 nitrogen and oxygen atoms in total. The van der Waals surface area contributed by atoms with E-state index in [1.165, 1.54) is 0 Å². The molecular formula is C16H17NO3S. The molecule has 0 unspecified atom stereocenters. The lowest BCUT2D eigenvalue weighted by Crippen LogP contribution is -2.19. The Morgan fingerprint density at radius 2 is 1.81 bits per heavy atom. The largest absolute Gasteiger partial charge is 0.492 e. The fourth-order valence-corrected chi connectivity index (χ4v) is 3.47. The predicted molar refractivity (Wildman–Crippen MR) is 82.2 cm³/mol. The van der Waals surface area contributed by atoms with Gasteiger partial charge in [0.1, 0.15) is 5.75 Å². The lowest BCUT2D eigenvalue weighted by atomic mass is 9.87. The van der Waals surface area contributed by atoms with Crippen molar-refractivity contribution in [2.45, 2.75) is 24.2 Å². The zero-order chi connectivity index (χ0) is 15.1. The Bertz CT molecular complexity index is 767. The minimum absolute atomic E-state index is 0.173. The normalized spacial score (nSPS) is 16.1. The molecule has 1 aliphatic rings. The number of para-hydroxylation sites is 1. The van der Waals surface area contributed by atoms with E-state index in [9.17, 15) is 8.42 Å². The second-order valence-electron chi connectivity index (χ2n) is 5.80. The summed E-state index contributed by atoms with van der Waals surface area (Å²) in [5.74, 6) is 0.763. The topological polar surface area (TPSA) is 55.4 Å². The maximum atomic E-state index is 12.5. The van der Waals surface area contributed by atoms with Crippen LogP contribution in [0.25, 0.3) is 0 Å². The van der Waals surface area contributed by atoms with Crippen LogP contribution >= 0.6 is 0 Å². The minimum Gasteiger partial charge on any atom is -0.492 e. The van der Waals surface area contributed by atoms with Crippen LogP contribution in [0.2, 0.25) is 0 Å². The Morgan fingerprint density at radius 3 is 2.52 bits per heavy atom. The molecule has 0 spiro atoms. The summed E-state index contributed by atoms with van der Waals surface area (Å²) in [6, 6.07) is 13.9. The zero-order valence-corrected chi connectivity index (χ0v) is 12.8. The highest BCUT2D eigenvalue weighted by atomic mass is 32.2. The van der Waals surface area contributed by atoms with E-state index in [1.54, 1.807) is 42.5 Å². The molecule has 1 N–H and O–H groups in total. The number of benzene rings is 2. The van der Waals surface area contributed by atoms with Crippen molar-refractivity contribution in [3.63, 3.8) is 0 Å². The molecule has 0 aliphatic carbocycles. The van der Waals surface area contributed by atoms with Gasteiger partial charge in [0.2, 0.25) is 0 Å². The number of fused-ring (bicyclic) bond motifs is 1. The summed E-state index contributed by atoms with van der Waals surface area (Å²) in [5.41, 5.74) is 1.31. The average molecular weight is 303 g/mol. The summed E-state index contributed by atoms with van der Waals surface area (Å²) in [6.07, 6.45) is 0. The van der Waals surface area contributed by atoms with Crippen LogP contribution in [0.3, 0.4) is 0 Å². The van der Waals surface area contributed by atoms with E-state index in [2.05, 4.69) is 4.72 Å². The van der Waals surface area contributed by atoms with Gasteiger partial charge >= 0.3 is 0 Å². The molecule has 2 aromatic rings. The summed E-state index contributed by atoms with van der Waals surface area (Å²) in [5, 5.41) is 0. The highest BCUT2D eigenvalue weighted by Gasteiger charge is 2.33. The van der Waals surface area contributed by atoms with E-state index in [0.29, 0.717) is 12.3 Å². The van der Waals surface area contributed by atoms with Crippen molar-refractivity contribution in [3.05, 3.63) is 54.1 Å². The molecule has 0 fully saturated rings. The number of nitrogens with one attached hydrogen (secondary N) is 1. The van der Waals surface area contributed by atoms with Crippen LogP contribution in [0.15, 0.2) is 53.4 Å². The quantitative estimate of drug-likeness (QED) is 0.947. The molecular weight excluding hydrogens is 286 g/mol. The van der Waals surface area contributed by atoms with Crippen LogP contribution in [0.1, 0.15) is 19.4 Å². The zero-order valence-electron chi connectivity index (χ0n) is 12.0. The molecule has 2 aromatic carbocycles. The van der Waals surface area contributed by atoms with Crippen LogP contribution in [0, 0.1) is 0 Å². The Hall–Kier alpha value is -2.01. The number of hydrogen-bond acceptors (Lipinski definition) is 3. The Balaban J connectivity index is 1.97. The Kier molecular flexibility index (Phi) is 3.17. The van der Waals surface area contributed by atoms with Crippen molar-refractivity contribution in [3.8, 4) is 5.75 Å². The van der Waals surface area contributed by atoms with Gasteiger partial charge in [-0.3, -0.25) is 4.72 Å². The van der Waals surface area contributed by atoms with Crippen LogP contribution in [-0.4, -0.2) is 15.0 Å². The van der Waals surface area contributed by atoms with Gasteiger partial charge in [0.05, 0.1) is 11.5 Å². The number of rotatable bonds is 3. The summed E-state index contributed by atoms with van der Waals surface area (Å²) >= 11 is 0. The predicted octanol–water partition coefficient (Wildman–Crippen LogP) is 3.16. The highest BCUT2D eigenvalue weighted by Crippen LogP contribution is 2.39. The van der Waals surface area contributed by atoms with Gasteiger partial charge in [0.25, 0.3) is 10.0 Å². The monoisotopic (exact) mass is 303 g/mol. The summed E-state index contributed by atoms with van der Waals surface area (Å²) in [7, 11) is -3.59. The van der Waals surface area contributed by atoms with Crippen LogP contribution in [0.4, 0.5) is 5.69 Å². The van der Waals surface area contributed by atoms with Gasteiger partial charge in [0.15, 0.2) is 0 Å². The fraction of sp³-hybridized carbons (Fsp3) is 0.250. The average Bonchev–Trinajstić information content (AvgIpc) is 2.75. The molecule has 3 rings (SSSR count). The number of sulfonamides is 1. The van der Waals surface area contributed by atoms with Crippen LogP contribution in [0.5, 0.6) is 5.75 Å². The number of hydrogen-bond donors (Lipinski definition) is 1. The van der Waals surface area contributed by atoms with E-state index in [1.807, 2.05) is 19.9 Å². The molecule has 0 radical (unpaired) electrons. The maximum Gasteiger partial charge on any atom is 0.261 e. The van der Waals surface area contributed by atoms with Crippen molar-refractivity contribution >= 4 is 15.7 Å². The first kappa shape index (κ1) is 13.9. The molecule has 0 bridgehead atoms. The third-order valence-corrected chi connectivity index (χ3v) is 4.98. The highest BCUT2D eigenvalue weighted by molar-refractivity contribution is 7.92. The van der Waals surface area contributed by atoms with E-state index in [4.69, 9.17) is 4.74 Å². The first-order chi connectivity index (χ1) is 9.88. The molecule has 0 atom stereocenters. The van der Waals surface area contributed by atoms with Crippen molar-refractivity contribution in [1.29, 1.82) is 0 Å². The lowest BCUT2D eigenvalue weighted by Gasteiger charge is -2.16. The van der Waals surface area contributed by atoms with E-state index in [0.717, 1.165) is 11.3 Å². The minimum atomic E-state index is -3.59. The van der Waals surface area contributed by atoms with Gasteiger partial charge in [0, 0.05) is 16.7 Å². The summed E-state index contributed by atoms with van der Waals surface area (Å²) in [4.78, 5) is 0.253. The van der Waals surface area contributed by atoms with Crippen molar-refractivity contribution in [2.75, 3.05) is 11.3 Å². The fourth-order valence-electron chi connectivity index (χ4n) is 2.39. The SMILES string of the molecule is CC1(C)COc2ccc(S(=O)(=O)Nc3ccccc3)cc21. The molecule has 110 valence electrons. The molecule has 1 heterocycles. The Morgan fingerprint density at radius 1 is 1.10 bits per heavy atom. The van der Waals surface area contributed by atoms with E-state index >= 15 is 0 Å². The molecule has 1 aliphatic heterocycles. The van der Waals surface area contributed by atoms with E-state index < -0.39 is 10.0 Å². The van der Waals surface area contributed by atoms with Gasteiger partial charge in [-0.05, 0) is 30.3 Å². The molecule has 0 saturated heterocycles. The van der Waals surface area contributed by atoms with Gasteiger partial charge in [-0.25, -0.2) is 8.42 Å². The maximum absolute atomic E-state index is 12.5. The molecule has 0 amide bonds. The van der Waals surface area contributed by atoms with Crippen LogP contribution < -0.4 is 9.46 Å². The van der Waals surface area contributed by atoms with Crippen molar-refractivity contribution in [2.24, 2.45) is 0 Å². The summed E-state index contributed by atoms with van der Waals surface area (Å²) < 4.78 is 33.1. The van der Waals surface area contributed by atoms with Gasteiger partial charge in [-0.1, -0.05) is 32.0 Å². The second kappa shape index (κ2) is 4.77.